The van der Waals surface area contributed by atoms with Crippen molar-refractivity contribution in [1.29, 1.82) is 0 Å². The molecule has 0 saturated heterocycles. The van der Waals surface area contributed by atoms with E-state index in [0.29, 0.717) is 11.1 Å². The zero-order valence-electron chi connectivity index (χ0n) is 10.8. The van der Waals surface area contributed by atoms with Gasteiger partial charge in [-0.2, -0.15) is 5.10 Å². The molecule has 2 heterocycles. The van der Waals surface area contributed by atoms with Gasteiger partial charge >= 0.3 is 0 Å². The molecule has 0 saturated carbocycles. The number of nitrogens with zero attached hydrogens (tertiary/aromatic N) is 3. The zero-order valence-corrected chi connectivity index (χ0v) is 10.8. The van der Waals surface area contributed by atoms with Crippen LogP contribution >= 0.6 is 0 Å². The number of benzene rings is 1. The third-order valence-electron chi connectivity index (χ3n) is 3.41. The summed E-state index contributed by atoms with van der Waals surface area (Å²) in [5.74, 6) is 0.00222. The smallest absolute Gasteiger partial charge is 0.197 e. The highest BCUT2D eigenvalue weighted by Crippen LogP contribution is 2.21. The fraction of sp³-hybridized carbons (Fsp3) is 0.133. The second kappa shape index (κ2) is 4.31. The standard InChI is InChI=1S/C15H13N3O/c1-10-14(9-17-18(10)2)15(19)13-5-3-4-11-8-16-7-6-12(11)13/h3-9H,1-2H3. The predicted molar refractivity (Wildman–Crippen MR) is 73.1 cm³/mol. The minimum atomic E-state index is 0.00222. The average molecular weight is 251 g/mol. The summed E-state index contributed by atoms with van der Waals surface area (Å²) in [7, 11) is 1.83. The Morgan fingerprint density at radius 3 is 2.74 bits per heavy atom. The van der Waals surface area contributed by atoms with E-state index < -0.39 is 0 Å². The van der Waals surface area contributed by atoms with E-state index in [2.05, 4.69) is 10.1 Å². The maximum atomic E-state index is 12.6. The number of fused-ring (bicyclic) bond motifs is 1. The van der Waals surface area contributed by atoms with Crippen LogP contribution in [0.1, 0.15) is 21.6 Å². The Hall–Kier alpha value is -2.49. The van der Waals surface area contributed by atoms with Gasteiger partial charge < -0.3 is 0 Å². The summed E-state index contributed by atoms with van der Waals surface area (Å²) in [5, 5.41) is 6.02. The molecular formula is C15H13N3O. The summed E-state index contributed by atoms with van der Waals surface area (Å²) in [6.45, 7) is 1.90. The fourth-order valence-electron chi connectivity index (χ4n) is 2.19. The van der Waals surface area contributed by atoms with E-state index in [-0.39, 0.29) is 5.78 Å². The lowest BCUT2D eigenvalue weighted by molar-refractivity contribution is 0.103. The van der Waals surface area contributed by atoms with Gasteiger partial charge in [-0.15, -0.1) is 0 Å². The minimum absolute atomic E-state index is 0.00222. The molecule has 0 aliphatic rings. The Kier molecular flexibility index (Phi) is 2.63. The van der Waals surface area contributed by atoms with Gasteiger partial charge in [0.25, 0.3) is 0 Å². The second-order valence-electron chi connectivity index (χ2n) is 4.50. The first-order valence-electron chi connectivity index (χ1n) is 6.04. The van der Waals surface area contributed by atoms with E-state index in [0.717, 1.165) is 16.5 Å². The first-order chi connectivity index (χ1) is 9.18. The van der Waals surface area contributed by atoms with Crippen LogP contribution in [-0.2, 0) is 7.05 Å². The van der Waals surface area contributed by atoms with Crippen LogP contribution < -0.4 is 0 Å². The fourth-order valence-corrected chi connectivity index (χ4v) is 2.19. The maximum Gasteiger partial charge on any atom is 0.197 e. The average Bonchev–Trinajstić information content (AvgIpc) is 2.78. The van der Waals surface area contributed by atoms with Crippen LogP contribution in [0.15, 0.2) is 42.9 Å². The van der Waals surface area contributed by atoms with E-state index in [4.69, 9.17) is 0 Å². The van der Waals surface area contributed by atoms with Gasteiger partial charge in [0, 0.05) is 36.1 Å². The van der Waals surface area contributed by atoms with E-state index in [9.17, 15) is 4.79 Å². The third-order valence-corrected chi connectivity index (χ3v) is 3.41. The molecule has 0 bridgehead atoms. The van der Waals surface area contributed by atoms with Gasteiger partial charge in [0.1, 0.15) is 0 Å². The van der Waals surface area contributed by atoms with E-state index in [1.807, 2.05) is 38.2 Å². The van der Waals surface area contributed by atoms with Crippen molar-refractivity contribution >= 4 is 16.6 Å². The molecule has 0 N–H and O–H groups in total. The summed E-state index contributed by atoms with van der Waals surface area (Å²) in [4.78, 5) is 16.7. The Morgan fingerprint density at radius 1 is 1.16 bits per heavy atom. The molecule has 0 aliphatic carbocycles. The summed E-state index contributed by atoms with van der Waals surface area (Å²) in [6.07, 6.45) is 5.09. The summed E-state index contributed by atoms with van der Waals surface area (Å²) < 4.78 is 1.71. The summed E-state index contributed by atoms with van der Waals surface area (Å²) in [6, 6.07) is 7.55. The Bertz CT molecular complexity index is 769. The highest BCUT2D eigenvalue weighted by molar-refractivity contribution is 6.16. The van der Waals surface area contributed by atoms with Crippen molar-refractivity contribution in [3.05, 3.63) is 59.7 Å². The lowest BCUT2D eigenvalue weighted by atomic mass is 9.99. The highest BCUT2D eigenvalue weighted by atomic mass is 16.1. The van der Waals surface area contributed by atoms with Crippen molar-refractivity contribution in [3.8, 4) is 0 Å². The molecule has 3 rings (SSSR count). The molecule has 0 spiro atoms. The van der Waals surface area contributed by atoms with Gasteiger partial charge in [-0.25, -0.2) is 0 Å². The number of hydrogen-bond donors (Lipinski definition) is 0. The molecule has 4 heteroatoms. The van der Waals surface area contributed by atoms with Crippen LogP contribution in [0, 0.1) is 6.92 Å². The topological polar surface area (TPSA) is 47.8 Å². The molecule has 0 unspecified atom stereocenters. The monoisotopic (exact) mass is 251 g/mol. The van der Waals surface area contributed by atoms with Gasteiger partial charge in [-0.1, -0.05) is 18.2 Å². The van der Waals surface area contributed by atoms with Crippen molar-refractivity contribution in [3.63, 3.8) is 0 Å². The first-order valence-corrected chi connectivity index (χ1v) is 6.04. The van der Waals surface area contributed by atoms with Crippen LogP contribution in [0.2, 0.25) is 0 Å². The van der Waals surface area contributed by atoms with Gasteiger partial charge in [-0.05, 0) is 18.4 Å². The molecule has 4 nitrogen and oxygen atoms in total. The van der Waals surface area contributed by atoms with Gasteiger partial charge in [0.05, 0.1) is 11.8 Å². The lowest BCUT2D eigenvalue weighted by Gasteiger charge is -2.05. The van der Waals surface area contributed by atoms with Gasteiger partial charge in [0.2, 0.25) is 0 Å². The van der Waals surface area contributed by atoms with E-state index >= 15 is 0 Å². The number of pyridine rings is 1. The molecule has 0 radical (unpaired) electrons. The third kappa shape index (κ3) is 1.81. The van der Waals surface area contributed by atoms with Crippen LogP contribution in [0.4, 0.5) is 0 Å². The predicted octanol–water partition coefficient (Wildman–Crippen LogP) is 2.51. The number of carbonyl (C=O) groups excluding carboxylic acids is 1. The Labute approximate surface area is 110 Å². The molecule has 0 aliphatic heterocycles. The number of carbonyl (C=O) groups is 1. The summed E-state index contributed by atoms with van der Waals surface area (Å²) in [5.41, 5.74) is 2.21. The first kappa shape index (κ1) is 11.6. The Balaban J connectivity index is 2.20. The molecule has 19 heavy (non-hydrogen) atoms. The number of rotatable bonds is 2. The van der Waals surface area contributed by atoms with Crippen molar-refractivity contribution in [2.24, 2.45) is 7.05 Å². The molecule has 2 aromatic heterocycles. The Morgan fingerprint density at radius 2 is 2.00 bits per heavy atom. The molecule has 94 valence electrons. The molecule has 0 fully saturated rings. The van der Waals surface area contributed by atoms with Crippen molar-refractivity contribution in [2.75, 3.05) is 0 Å². The van der Waals surface area contributed by atoms with E-state index in [1.165, 1.54) is 0 Å². The molecule has 0 atom stereocenters. The van der Waals surface area contributed by atoms with Crippen molar-refractivity contribution in [1.82, 2.24) is 14.8 Å². The number of ketones is 1. The normalized spacial score (nSPS) is 10.8. The second-order valence-corrected chi connectivity index (χ2v) is 4.50. The number of hydrogen-bond acceptors (Lipinski definition) is 3. The van der Waals surface area contributed by atoms with Crippen LogP contribution in [0.25, 0.3) is 10.8 Å². The quantitative estimate of drug-likeness (QED) is 0.657. The molecule has 0 amide bonds. The molecule has 1 aromatic carbocycles. The summed E-state index contributed by atoms with van der Waals surface area (Å²) >= 11 is 0. The number of aromatic nitrogens is 3. The van der Waals surface area contributed by atoms with Crippen molar-refractivity contribution in [2.45, 2.75) is 6.92 Å². The molecule has 3 aromatic rings. The number of aryl methyl sites for hydroxylation is 1. The van der Waals surface area contributed by atoms with Gasteiger partial charge in [-0.3, -0.25) is 14.5 Å². The SMILES string of the molecule is Cc1c(C(=O)c2cccc3cnccc23)cnn1C. The van der Waals surface area contributed by atoms with Crippen LogP contribution in [0.5, 0.6) is 0 Å². The van der Waals surface area contributed by atoms with E-state index in [1.54, 1.807) is 23.3 Å². The van der Waals surface area contributed by atoms with Crippen LogP contribution in [0.3, 0.4) is 0 Å². The van der Waals surface area contributed by atoms with Crippen molar-refractivity contribution < 1.29 is 4.79 Å². The highest BCUT2D eigenvalue weighted by Gasteiger charge is 2.16. The lowest BCUT2D eigenvalue weighted by Crippen LogP contribution is -2.04. The minimum Gasteiger partial charge on any atom is -0.288 e. The largest absolute Gasteiger partial charge is 0.288 e. The molecular weight excluding hydrogens is 238 g/mol. The van der Waals surface area contributed by atoms with Crippen LogP contribution in [-0.4, -0.2) is 20.5 Å². The van der Waals surface area contributed by atoms with Gasteiger partial charge in [0.15, 0.2) is 5.78 Å². The zero-order chi connectivity index (χ0) is 13.4. The maximum absolute atomic E-state index is 12.6.